The SMILES string of the molecule is C[B]c1ncnn1-c1ccc(F)cc1F. The summed E-state index contributed by atoms with van der Waals surface area (Å²) in [6.45, 7) is 1.77. The summed E-state index contributed by atoms with van der Waals surface area (Å²) in [5.74, 6) is -1.28. The summed E-state index contributed by atoms with van der Waals surface area (Å²) >= 11 is 0. The molecule has 0 N–H and O–H groups in total. The molecule has 6 heteroatoms. The minimum absolute atomic E-state index is 0.182. The molecule has 3 nitrogen and oxygen atoms in total. The maximum Gasteiger partial charge on any atom is 0.201 e. The van der Waals surface area contributed by atoms with Crippen molar-refractivity contribution in [1.82, 2.24) is 14.8 Å². The van der Waals surface area contributed by atoms with E-state index in [0.717, 1.165) is 6.07 Å². The van der Waals surface area contributed by atoms with Crippen molar-refractivity contribution in [3.8, 4) is 5.69 Å². The summed E-state index contributed by atoms with van der Waals surface area (Å²) in [4.78, 5) is 3.91. The first kappa shape index (κ1) is 9.83. The number of halogens is 2. The van der Waals surface area contributed by atoms with Gasteiger partial charge in [-0.3, -0.25) is 0 Å². The number of rotatable bonds is 2. The Morgan fingerprint density at radius 1 is 1.33 bits per heavy atom. The smallest absolute Gasteiger partial charge is 0.201 e. The van der Waals surface area contributed by atoms with E-state index in [1.54, 1.807) is 14.1 Å². The number of aromatic nitrogens is 3. The molecule has 0 aliphatic heterocycles. The fourth-order valence-corrected chi connectivity index (χ4v) is 1.29. The van der Waals surface area contributed by atoms with Crippen molar-refractivity contribution in [3.05, 3.63) is 36.2 Å². The molecule has 1 aromatic heterocycles. The van der Waals surface area contributed by atoms with Gasteiger partial charge in [0.2, 0.25) is 7.28 Å². The van der Waals surface area contributed by atoms with Gasteiger partial charge in [0.05, 0.1) is 5.72 Å². The average molecular weight is 206 g/mol. The van der Waals surface area contributed by atoms with Gasteiger partial charge >= 0.3 is 0 Å². The highest BCUT2D eigenvalue weighted by molar-refractivity contribution is 6.49. The van der Waals surface area contributed by atoms with Crippen LogP contribution in [-0.2, 0) is 0 Å². The van der Waals surface area contributed by atoms with Crippen LogP contribution in [0.25, 0.3) is 5.69 Å². The molecule has 2 rings (SSSR count). The van der Waals surface area contributed by atoms with E-state index in [-0.39, 0.29) is 5.69 Å². The normalized spacial score (nSPS) is 10.3. The molecule has 15 heavy (non-hydrogen) atoms. The molecular weight excluding hydrogens is 199 g/mol. The summed E-state index contributed by atoms with van der Waals surface area (Å²) < 4.78 is 27.4. The third-order valence-electron chi connectivity index (χ3n) is 1.97. The first-order chi connectivity index (χ1) is 7.22. The van der Waals surface area contributed by atoms with Crippen LogP contribution in [0.5, 0.6) is 0 Å². The molecule has 2 aromatic rings. The maximum absolute atomic E-state index is 13.4. The fraction of sp³-hybridized carbons (Fsp3) is 0.111. The molecular formula is C9H7BF2N3. The van der Waals surface area contributed by atoms with Gasteiger partial charge in [-0.15, -0.1) is 0 Å². The summed E-state index contributed by atoms with van der Waals surface area (Å²) in [5.41, 5.74) is 0.697. The summed E-state index contributed by atoms with van der Waals surface area (Å²) in [6.07, 6.45) is 1.32. The zero-order valence-electron chi connectivity index (χ0n) is 7.98. The van der Waals surface area contributed by atoms with Crippen LogP contribution in [0.1, 0.15) is 0 Å². The molecule has 75 valence electrons. The number of benzene rings is 1. The molecule has 0 aliphatic rings. The lowest BCUT2D eigenvalue weighted by atomic mass is 9.81. The zero-order valence-corrected chi connectivity index (χ0v) is 7.98. The lowest BCUT2D eigenvalue weighted by Gasteiger charge is -2.05. The van der Waals surface area contributed by atoms with Crippen molar-refractivity contribution in [3.63, 3.8) is 0 Å². The second-order valence-electron chi connectivity index (χ2n) is 2.91. The molecule has 0 saturated heterocycles. The second-order valence-corrected chi connectivity index (χ2v) is 2.91. The van der Waals surface area contributed by atoms with E-state index in [4.69, 9.17) is 0 Å². The lowest BCUT2D eigenvalue weighted by Crippen LogP contribution is -2.25. The van der Waals surface area contributed by atoms with E-state index in [2.05, 4.69) is 10.1 Å². The first-order valence-corrected chi connectivity index (χ1v) is 4.37. The van der Waals surface area contributed by atoms with Gasteiger partial charge in [-0.25, -0.2) is 18.4 Å². The van der Waals surface area contributed by atoms with Crippen molar-refractivity contribution < 1.29 is 8.78 Å². The van der Waals surface area contributed by atoms with Gasteiger partial charge in [0, 0.05) is 6.07 Å². The monoisotopic (exact) mass is 206 g/mol. The van der Waals surface area contributed by atoms with Crippen molar-refractivity contribution in [2.75, 3.05) is 0 Å². The standard InChI is InChI=1S/C9H7BF2N3/c1-10-9-13-5-14-15(9)8-3-2-6(11)4-7(8)12/h2-5H,1H3. The van der Waals surface area contributed by atoms with E-state index >= 15 is 0 Å². The van der Waals surface area contributed by atoms with Crippen LogP contribution in [0.15, 0.2) is 24.5 Å². The van der Waals surface area contributed by atoms with Crippen molar-refractivity contribution >= 4 is 13.0 Å². The van der Waals surface area contributed by atoms with E-state index in [1.807, 2.05) is 0 Å². The molecule has 0 fully saturated rings. The molecule has 0 bridgehead atoms. The second kappa shape index (κ2) is 3.80. The van der Waals surface area contributed by atoms with Crippen LogP contribution in [0.4, 0.5) is 8.78 Å². The number of hydrogen-bond donors (Lipinski definition) is 0. The van der Waals surface area contributed by atoms with E-state index in [9.17, 15) is 8.78 Å². The highest BCUT2D eigenvalue weighted by Gasteiger charge is 2.10. The van der Waals surface area contributed by atoms with Crippen LogP contribution in [0.2, 0.25) is 6.82 Å². The van der Waals surface area contributed by atoms with Gasteiger partial charge in [-0.2, -0.15) is 5.10 Å². The highest BCUT2D eigenvalue weighted by atomic mass is 19.1. The molecule has 0 amide bonds. The van der Waals surface area contributed by atoms with Crippen LogP contribution in [-0.4, -0.2) is 22.0 Å². The zero-order chi connectivity index (χ0) is 10.8. The van der Waals surface area contributed by atoms with Gasteiger partial charge in [0.1, 0.15) is 17.8 Å². The van der Waals surface area contributed by atoms with Gasteiger partial charge in [0.15, 0.2) is 5.82 Å². The summed E-state index contributed by atoms with van der Waals surface area (Å²) in [6, 6.07) is 3.32. The molecule has 1 aromatic carbocycles. The van der Waals surface area contributed by atoms with Gasteiger partial charge in [-0.1, -0.05) is 6.82 Å². The predicted molar refractivity (Wildman–Crippen MR) is 52.5 cm³/mol. The average Bonchev–Trinajstić information content (AvgIpc) is 2.65. The maximum atomic E-state index is 13.4. The van der Waals surface area contributed by atoms with Crippen LogP contribution >= 0.6 is 0 Å². The largest absolute Gasteiger partial charge is 0.231 e. The van der Waals surface area contributed by atoms with E-state index in [1.165, 1.54) is 23.1 Å². The molecule has 0 spiro atoms. The van der Waals surface area contributed by atoms with E-state index < -0.39 is 11.6 Å². The Bertz CT molecular complexity index is 484. The topological polar surface area (TPSA) is 30.7 Å². The Hall–Kier alpha value is -1.72. The summed E-state index contributed by atoms with van der Waals surface area (Å²) in [7, 11) is 1.69. The highest BCUT2D eigenvalue weighted by Crippen LogP contribution is 2.11. The molecule has 0 aliphatic carbocycles. The van der Waals surface area contributed by atoms with Crippen molar-refractivity contribution in [1.29, 1.82) is 0 Å². The van der Waals surface area contributed by atoms with Crippen LogP contribution < -0.4 is 5.72 Å². The van der Waals surface area contributed by atoms with Gasteiger partial charge < -0.3 is 0 Å². The van der Waals surface area contributed by atoms with E-state index in [0.29, 0.717) is 5.72 Å². The number of nitrogens with zero attached hydrogens (tertiary/aromatic N) is 3. The van der Waals surface area contributed by atoms with Crippen LogP contribution in [0, 0.1) is 11.6 Å². The lowest BCUT2D eigenvalue weighted by molar-refractivity contribution is 0.574. The molecule has 1 radical (unpaired) electrons. The first-order valence-electron chi connectivity index (χ1n) is 4.37. The van der Waals surface area contributed by atoms with Gasteiger partial charge in [0.25, 0.3) is 0 Å². The molecule has 0 saturated carbocycles. The van der Waals surface area contributed by atoms with Gasteiger partial charge in [-0.05, 0) is 12.1 Å². The minimum Gasteiger partial charge on any atom is -0.231 e. The Morgan fingerprint density at radius 3 is 2.80 bits per heavy atom. The Morgan fingerprint density at radius 2 is 2.13 bits per heavy atom. The predicted octanol–water partition coefficient (Wildman–Crippen LogP) is 0.923. The number of hydrogen-bond acceptors (Lipinski definition) is 2. The Balaban J connectivity index is 2.54. The third kappa shape index (κ3) is 1.75. The summed E-state index contributed by atoms with van der Waals surface area (Å²) in [5, 5.41) is 3.86. The Labute approximate surface area is 86.0 Å². The third-order valence-corrected chi connectivity index (χ3v) is 1.97. The van der Waals surface area contributed by atoms with Crippen LogP contribution in [0.3, 0.4) is 0 Å². The fourth-order valence-electron chi connectivity index (χ4n) is 1.29. The minimum atomic E-state index is -0.663. The quantitative estimate of drug-likeness (QED) is 0.684. The molecule has 0 unspecified atom stereocenters. The van der Waals surface area contributed by atoms with Crippen molar-refractivity contribution in [2.24, 2.45) is 0 Å². The molecule has 0 atom stereocenters. The van der Waals surface area contributed by atoms with Crippen molar-refractivity contribution in [2.45, 2.75) is 6.82 Å². The Kier molecular flexibility index (Phi) is 2.49. The molecule has 1 heterocycles.